The number of benzene rings is 1. The Labute approximate surface area is 151 Å². The molecule has 2 atom stereocenters. The second-order valence-corrected chi connectivity index (χ2v) is 8.78. The van der Waals surface area contributed by atoms with Crippen molar-refractivity contribution in [2.75, 3.05) is 20.1 Å². The Hall–Kier alpha value is -1.44. The lowest BCUT2D eigenvalue weighted by atomic mass is 10.0. The van der Waals surface area contributed by atoms with E-state index in [0.717, 1.165) is 18.4 Å². The Morgan fingerprint density at radius 3 is 2.44 bits per heavy atom. The van der Waals surface area contributed by atoms with Crippen LogP contribution in [0.25, 0.3) is 0 Å². The lowest BCUT2D eigenvalue weighted by Gasteiger charge is -2.35. The summed E-state index contributed by atoms with van der Waals surface area (Å²) in [6.45, 7) is 6.91. The maximum atomic E-state index is 12.9. The lowest BCUT2D eigenvalue weighted by Crippen LogP contribution is -2.55. The molecular formula is C18H29N3O3S. The minimum atomic E-state index is -3.74. The van der Waals surface area contributed by atoms with E-state index in [9.17, 15) is 13.2 Å². The van der Waals surface area contributed by atoms with E-state index in [1.165, 1.54) is 0 Å². The van der Waals surface area contributed by atoms with Crippen molar-refractivity contribution >= 4 is 15.9 Å². The van der Waals surface area contributed by atoms with Crippen molar-refractivity contribution in [1.29, 1.82) is 0 Å². The van der Waals surface area contributed by atoms with Crippen molar-refractivity contribution in [1.82, 2.24) is 14.9 Å². The quantitative estimate of drug-likeness (QED) is 0.799. The van der Waals surface area contributed by atoms with Gasteiger partial charge in [0.15, 0.2) is 0 Å². The molecule has 1 aromatic rings. The predicted molar refractivity (Wildman–Crippen MR) is 98.8 cm³/mol. The zero-order valence-corrected chi connectivity index (χ0v) is 16.3. The van der Waals surface area contributed by atoms with Gasteiger partial charge in [-0.3, -0.25) is 4.79 Å². The summed E-state index contributed by atoms with van der Waals surface area (Å²) in [4.78, 5) is 14.9. The van der Waals surface area contributed by atoms with Crippen LogP contribution in [0.4, 0.5) is 0 Å². The fraction of sp³-hybridized carbons (Fsp3) is 0.611. The van der Waals surface area contributed by atoms with Crippen molar-refractivity contribution < 1.29 is 13.2 Å². The van der Waals surface area contributed by atoms with Crippen LogP contribution < -0.4 is 10.0 Å². The summed E-state index contributed by atoms with van der Waals surface area (Å²) in [7, 11) is -1.85. The van der Waals surface area contributed by atoms with Gasteiger partial charge in [0.05, 0.1) is 4.90 Å². The SMILES string of the molecule is CNC1CCCN(C(=O)C(NS(=O)(=O)c2ccc(C)cc2)C(C)C)C1. The van der Waals surface area contributed by atoms with Crippen LogP contribution in [0.5, 0.6) is 0 Å². The fourth-order valence-corrected chi connectivity index (χ4v) is 4.37. The molecule has 2 rings (SSSR count). The number of amides is 1. The first-order valence-electron chi connectivity index (χ1n) is 8.79. The molecule has 1 amide bonds. The predicted octanol–water partition coefficient (Wildman–Crippen LogP) is 1.51. The number of likely N-dealkylation sites (tertiary alicyclic amines) is 1. The fourth-order valence-electron chi connectivity index (χ4n) is 3.03. The molecule has 1 aliphatic rings. The van der Waals surface area contributed by atoms with Gasteiger partial charge in [-0.25, -0.2) is 8.42 Å². The van der Waals surface area contributed by atoms with Crippen molar-refractivity contribution in [2.24, 2.45) is 5.92 Å². The van der Waals surface area contributed by atoms with Gasteiger partial charge in [0.25, 0.3) is 0 Å². The van der Waals surface area contributed by atoms with Gasteiger partial charge in [-0.15, -0.1) is 0 Å². The highest BCUT2D eigenvalue weighted by molar-refractivity contribution is 7.89. The second kappa shape index (κ2) is 8.29. The van der Waals surface area contributed by atoms with Crippen LogP contribution in [-0.4, -0.2) is 51.4 Å². The number of likely N-dealkylation sites (N-methyl/N-ethyl adjacent to an activating group) is 1. The Morgan fingerprint density at radius 1 is 1.24 bits per heavy atom. The molecule has 1 heterocycles. The van der Waals surface area contributed by atoms with Crippen molar-refractivity contribution in [2.45, 2.75) is 50.6 Å². The van der Waals surface area contributed by atoms with E-state index >= 15 is 0 Å². The molecule has 0 saturated carbocycles. The third-order valence-electron chi connectivity index (χ3n) is 4.69. The van der Waals surface area contributed by atoms with Crippen LogP contribution in [-0.2, 0) is 14.8 Å². The molecule has 0 bridgehead atoms. The lowest BCUT2D eigenvalue weighted by molar-refractivity contribution is -0.135. The Bertz CT molecular complexity index is 686. The summed E-state index contributed by atoms with van der Waals surface area (Å²) >= 11 is 0. The van der Waals surface area contributed by atoms with Gasteiger partial charge in [0, 0.05) is 19.1 Å². The van der Waals surface area contributed by atoms with E-state index in [0.29, 0.717) is 13.1 Å². The first-order chi connectivity index (χ1) is 11.7. The van der Waals surface area contributed by atoms with Gasteiger partial charge < -0.3 is 10.2 Å². The molecule has 1 aliphatic heterocycles. The van der Waals surface area contributed by atoms with Crippen molar-refractivity contribution in [3.05, 3.63) is 29.8 Å². The van der Waals surface area contributed by atoms with Crippen LogP contribution in [0.3, 0.4) is 0 Å². The van der Waals surface area contributed by atoms with Crippen LogP contribution in [0, 0.1) is 12.8 Å². The number of hydrogen-bond donors (Lipinski definition) is 2. The molecule has 2 N–H and O–H groups in total. The Morgan fingerprint density at radius 2 is 1.88 bits per heavy atom. The van der Waals surface area contributed by atoms with Gasteiger partial charge >= 0.3 is 0 Å². The molecule has 6 nitrogen and oxygen atoms in total. The van der Waals surface area contributed by atoms with E-state index in [1.54, 1.807) is 29.2 Å². The highest BCUT2D eigenvalue weighted by Gasteiger charge is 2.33. The summed E-state index contributed by atoms with van der Waals surface area (Å²) in [6.07, 6.45) is 1.95. The molecule has 0 spiro atoms. The summed E-state index contributed by atoms with van der Waals surface area (Å²) in [5, 5.41) is 3.20. The number of nitrogens with one attached hydrogen (secondary N) is 2. The summed E-state index contributed by atoms with van der Waals surface area (Å²) < 4.78 is 28.0. The number of sulfonamides is 1. The van der Waals surface area contributed by atoms with Crippen molar-refractivity contribution in [3.8, 4) is 0 Å². The number of piperidine rings is 1. The van der Waals surface area contributed by atoms with E-state index in [4.69, 9.17) is 0 Å². The summed E-state index contributed by atoms with van der Waals surface area (Å²) in [5.41, 5.74) is 0.988. The number of carbonyl (C=O) groups is 1. The standard InChI is InChI=1S/C18H29N3O3S/c1-13(2)17(18(22)21-11-5-6-15(12-21)19-4)20-25(23,24)16-9-7-14(3)8-10-16/h7-10,13,15,17,19-20H,5-6,11-12H2,1-4H3. The van der Waals surface area contributed by atoms with E-state index < -0.39 is 16.1 Å². The Kier molecular flexibility index (Phi) is 6.59. The van der Waals surface area contributed by atoms with E-state index in [2.05, 4.69) is 10.0 Å². The summed E-state index contributed by atoms with van der Waals surface area (Å²) in [6, 6.07) is 6.14. The van der Waals surface area contributed by atoms with Crippen molar-refractivity contribution in [3.63, 3.8) is 0 Å². The van der Waals surface area contributed by atoms with Gasteiger partial charge in [0.2, 0.25) is 15.9 Å². The van der Waals surface area contributed by atoms with E-state index in [-0.39, 0.29) is 22.8 Å². The smallest absolute Gasteiger partial charge is 0.241 e. The zero-order chi connectivity index (χ0) is 18.6. The molecule has 7 heteroatoms. The number of rotatable bonds is 6. The third kappa shape index (κ3) is 5.03. The average Bonchev–Trinajstić information content (AvgIpc) is 2.59. The van der Waals surface area contributed by atoms with Gasteiger partial charge in [-0.1, -0.05) is 31.5 Å². The molecule has 2 unspecified atom stereocenters. The Balaban J connectivity index is 2.17. The molecule has 1 saturated heterocycles. The molecule has 140 valence electrons. The van der Waals surface area contributed by atoms with Crippen LogP contribution >= 0.6 is 0 Å². The topological polar surface area (TPSA) is 78.5 Å². The van der Waals surface area contributed by atoms with Gasteiger partial charge in [0.1, 0.15) is 6.04 Å². The molecule has 25 heavy (non-hydrogen) atoms. The molecular weight excluding hydrogens is 338 g/mol. The number of carbonyl (C=O) groups excluding carboxylic acids is 1. The average molecular weight is 368 g/mol. The minimum absolute atomic E-state index is 0.136. The van der Waals surface area contributed by atoms with E-state index in [1.807, 2.05) is 27.8 Å². The number of aryl methyl sites for hydroxylation is 1. The number of hydrogen-bond acceptors (Lipinski definition) is 4. The summed E-state index contributed by atoms with van der Waals surface area (Å²) in [5.74, 6) is -0.284. The second-order valence-electron chi connectivity index (χ2n) is 7.07. The van der Waals surface area contributed by atoms with Gasteiger partial charge in [-0.2, -0.15) is 4.72 Å². The first kappa shape index (κ1) is 19.9. The molecule has 1 aromatic carbocycles. The van der Waals surface area contributed by atoms with Crippen LogP contribution in [0.1, 0.15) is 32.3 Å². The monoisotopic (exact) mass is 367 g/mol. The zero-order valence-electron chi connectivity index (χ0n) is 15.5. The molecule has 0 radical (unpaired) electrons. The largest absolute Gasteiger partial charge is 0.340 e. The first-order valence-corrected chi connectivity index (χ1v) is 10.3. The number of nitrogens with zero attached hydrogens (tertiary/aromatic N) is 1. The highest BCUT2D eigenvalue weighted by atomic mass is 32.2. The third-order valence-corrected chi connectivity index (χ3v) is 6.14. The molecule has 1 fully saturated rings. The highest BCUT2D eigenvalue weighted by Crippen LogP contribution is 2.17. The van der Waals surface area contributed by atoms with Crippen LogP contribution in [0.2, 0.25) is 0 Å². The van der Waals surface area contributed by atoms with Gasteiger partial charge in [-0.05, 0) is 44.9 Å². The normalized spacial score (nSPS) is 19.9. The maximum absolute atomic E-state index is 12.9. The molecule has 0 aromatic heterocycles. The van der Waals surface area contributed by atoms with Crippen LogP contribution in [0.15, 0.2) is 29.2 Å². The maximum Gasteiger partial charge on any atom is 0.241 e. The molecule has 0 aliphatic carbocycles. The minimum Gasteiger partial charge on any atom is -0.340 e.